The predicted octanol–water partition coefficient (Wildman–Crippen LogP) is 8.70. The van der Waals surface area contributed by atoms with Gasteiger partial charge < -0.3 is 9.80 Å². The number of allylic oxidation sites excluding steroid dienone is 1. The average Bonchev–Trinajstić information content (AvgIpc) is 3.43. The first-order chi connectivity index (χ1) is 20.1. The van der Waals surface area contributed by atoms with E-state index in [1.54, 1.807) is 0 Å². The van der Waals surface area contributed by atoms with Crippen molar-refractivity contribution in [2.45, 2.75) is 65.8 Å². The fourth-order valence-electron chi connectivity index (χ4n) is 5.34. The number of hydrogen-bond acceptors (Lipinski definition) is 5. The number of rotatable bonds is 15. The maximum atomic E-state index is 4.97. The Hall–Kier alpha value is -3.86. The highest BCUT2D eigenvalue weighted by Gasteiger charge is 2.25. The number of nitrogens with zero attached hydrogens (tertiary/aromatic N) is 5. The molecule has 1 aliphatic rings. The second-order valence-electron chi connectivity index (χ2n) is 10.7. The largest absolute Gasteiger partial charge is 0.372 e. The Morgan fingerprint density at radius 3 is 1.71 bits per heavy atom. The molecule has 0 saturated carbocycles. The van der Waals surface area contributed by atoms with Gasteiger partial charge in [0, 0.05) is 50.2 Å². The normalized spacial score (nSPS) is 15.2. The Balaban J connectivity index is 1.47. The molecule has 4 rings (SSSR count). The summed E-state index contributed by atoms with van der Waals surface area (Å²) in [6.45, 7) is 13.3. The van der Waals surface area contributed by atoms with Crippen LogP contribution in [-0.2, 0) is 0 Å². The Morgan fingerprint density at radius 1 is 0.683 bits per heavy atom. The zero-order valence-electron chi connectivity index (χ0n) is 25.4. The molecule has 41 heavy (non-hydrogen) atoms. The lowest BCUT2D eigenvalue weighted by Gasteiger charge is -2.23. The van der Waals surface area contributed by atoms with Crippen LogP contribution < -0.4 is 14.8 Å². The molecule has 0 fully saturated rings. The van der Waals surface area contributed by atoms with Gasteiger partial charge in [-0.15, -0.1) is 0 Å². The highest BCUT2D eigenvalue weighted by molar-refractivity contribution is 6.01. The molecule has 2 heterocycles. The van der Waals surface area contributed by atoms with Crippen molar-refractivity contribution in [2.75, 3.05) is 41.0 Å². The van der Waals surface area contributed by atoms with Gasteiger partial charge in [0.15, 0.2) is 0 Å². The van der Waals surface area contributed by atoms with Crippen molar-refractivity contribution in [2.24, 2.45) is 5.10 Å². The van der Waals surface area contributed by atoms with Crippen molar-refractivity contribution in [3.05, 3.63) is 96.2 Å². The lowest BCUT2D eigenvalue weighted by Crippen LogP contribution is -2.25. The molecule has 0 aliphatic carbocycles. The van der Waals surface area contributed by atoms with Crippen LogP contribution in [0.5, 0.6) is 0 Å². The summed E-state index contributed by atoms with van der Waals surface area (Å²) in [4.78, 5) is 9.53. The molecule has 0 bridgehead atoms. The van der Waals surface area contributed by atoms with Gasteiger partial charge in [-0.1, -0.05) is 76.3 Å². The summed E-state index contributed by atoms with van der Waals surface area (Å²) in [5, 5.41) is 7.02. The Labute approximate surface area is 247 Å². The molecule has 0 spiro atoms. The summed E-state index contributed by atoms with van der Waals surface area (Å²) >= 11 is 0. The molecule has 0 saturated heterocycles. The first-order valence-electron chi connectivity index (χ1n) is 15.5. The Bertz CT molecular complexity index is 1250. The van der Waals surface area contributed by atoms with Gasteiger partial charge in [-0.25, -0.2) is 9.99 Å². The van der Waals surface area contributed by atoms with E-state index in [9.17, 15) is 0 Å². The van der Waals surface area contributed by atoms with E-state index in [0.717, 1.165) is 69.8 Å². The van der Waals surface area contributed by atoms with Crippen molar-refractivity contribution in [1.82, 2.24) is 4.98 Å². The minimum Gasteiger partial charge on any atom is -0.372 e. The van der Waals surface area contributed by atoms with Crippen LogP contribution >= 0.6 is 0 Å². The molecular weight excluding hydrogens is 502 g/mol. The fourth-order valence-corrected chi connectivity index (χ4v) is 5.34. The van der Waals surface area contributed by atoms with E-state index < -0.39 is 0 Å². The van der Waals surface area contributed by atoms with Gasteiger partial charge >= 0.3 is 0 Å². The Morgan fingerprint density at radius 2 is 1.22 bits per heavy atom. The van der Waals surface area contributed by atoms with Crippen LogP contribution in [0.1, 0.15) is 70.9 Å². The zero-order valence-corrected chi connectivity index (χ0v) is 25.4. The molecule has 0 N–H and O–H groups in total. The SMILES string of the molecule is CCCN(CCC)c1ccc(C=CC2=NN(c3ccccn3)C(C=Cc3ccc(N(CCC)CCC)cc3)C2)cc1. The first kappa shape index (κ1) is 30.1. The number of anilines is 3. The molecular formula is C36H47N5. The van der Waals surface area contributed by atoms with Gasteiger partial charge in [-0.2, -0.15) is 5.10 Å². The Kier molecular flexibility index (Phi) is 11.6. The molecule has 5 nitrogen and oxygen atoms in total. The van der Waals surface area contributed by atoms with Gasteiger partial charge in [-0.05, 0) is 79.3 Å². The van der Waals surface area contributed by atoms with E-state index >= 15 is 0 Å². The summed E-state index contributed by atoms with van der Waals surface area (Å²) in [5.74, 6) is 0.868. The van der Waals surface area contributed by atoms with E-state index in [1.165, 1.54) is 22.5 Å². The minimum absolute atomic E-state index is 0.111. The van der Waals surface area contributed by atoms with Gasteiger partial charge in [0.1, 0.15) is 5.82 Å². The van der Waals surface area contributed by atoms with Crippen molar-refractivity contribution >= 4 is 35.1 Å². The zero-order chi connectivity index (χ0) is 28.9. The number of pyridine rings is 1. The number of hydrogen-bond donors (Lipinski definition) is 0. The maximum Gasteiger partial charge on any atom is 0.149 e. The summed E-state index contributed by atoms with van der Waals surface area (Å²) in [6.07, 6.45) is 16.1. The van der Waals surface area contributed by atoms with Crippen LogP contribution in [0, 0.1) is 0 Å². The van der Waals surface area contributed by atoms with Gasteiger partial charge in [0.2, 0.25) is 0 Å². The van der Waals surface area contributed by atoms with Crippen LogP contribution in [-0.4, -0.2) is 42.9 Å². The van der Waals surface area contributed by atoms with Crippen LogP contribution in [0.25, 0.3) is 12.2 Å². The molecule has 0 radical (unpaired) electrons. The van der Waals surface area contributed by atoms with Gasteiger partial charge in [0.05, 0.1) is 11.8 Å². The monoisotopic (exact) mass is 549 g/mol. The van der Waals surface area contributed by atoms with Crippen molar-refractivity contribution in [1.29, 1.82) is 0 Å². The maximum absolute atomic E-state index is 4.97. The van der Waals surface area contributed by atoms with Crippen molar-refractivity contribution in [3.8, 4) is 0 Å². The van der Waals surface area contributed by atoms with E-state index in [4.69, 9.17) is 5.10 Å². The highest BCUT2D eigenvalue weighted by Crippen LogP contribution is 2.26. The van der Waals surface area contributed by atoms with E-state index in [2.05, 4.69) is 115 Å². The summed E-state index contributed by atoms with van der Waals surface area (Å²) in [7, 11) is 0. The third-order valence-corrected chi connectivity index (χ3v) is 7.32. The molecule has 2 aromatic carbocycles. The van der Waals surface area contributed by atoms with Crippen LogP contribution in [0.4, 0.5) is 17.2 Å². The molecule has 1 atom stereocenters. The minimum atomic E-state index is 0.111. The smallest absolute Gasteiger partial charge is 0.149 e. The molecule has 5 heteroatoms. The lowest BCUT2D eigenvalue weighted by molar-refractivity contribution is 0.745. The van der Waals surface area contributed by atoms with E-state index in [0.29, 0.717) is 0 Å². The molecule has 3 aromatic rings. The topological polar surface area (TPSA) is 35.0 Å². The molecule has 1 unspecified atom stereocenters. The van der Waals surface area contributed by atoms with Gasteiger partial charge in [0.25, 0.3) is 0 Å². The third kappa shape index (κ3) is 8.56. The molecule has 1 aliphatic heterocycles. The van der Waals surface area contributed by atoms with Crippen LogP contribution in [0.2, 0.25) is 0 Å². The van der Waals surface area contributed by atoms with Crippen molar-refractivity contribution < 1.29 is 0 Å². The average molecular weight is 550 g/mol. The number of benzene rings is 2. The van der Waals surface area contributed by atoms with E-state index in [-0.39, 0.29) is 6.04 Å². The highest BCUT2D eigenvalue weighted by atomic mass is 15.5. The summed E-state index contributed by atoms with van der Waals surface area (Å²) in [5.41, 5.74) is 6.04. The fraction of sp³-hybridized carbons (Fsp3) is 0.389. The third-order valence-electron chi connectivity index (χ3n) is 7.32. The van der Waals surface area contributed by atoms with Crippen LogP contribution in [0.15, 0.2) is 90.2 Å². The lowest BCUT2D eigenvalue weighted by atomic mass is 10.1. The predicted molar refractivity (Wildman–Crippen MR) is 179 cm³/mol. The second kappa shape index (κ2) is 15.8. The van der Waals surface area contributed by atoms with Crippen LogP contribution in [0.3, 0.4) is 0 Å². The van der Waals surface area contributed by atoms with Gasteiger partial charge in [-0.3, -0.25) is 0 Å². The molecule has 0 amide bonds. The second-order valence-corrected chi connectivity index (χ2v) is 10.7. The standard InChI is InChI=1S/C36H47N5/c1-5-25-39(26-6-2)33-19-13-30(14-20-33)12-18-32-29-35(41(38-32)36-11-9-10-24-37-36)23-17-31-15-21-34(22-16-31)40(27-7-3)28-8-4/h9-24,35H,5-8,25-29H2,1-4H3. The number of aromatic nitrogens is 1. The first-order valence-corrected chi connectivity index (χ1v) is 15.5. The van der Waals surface area contributed by atoms with E-state index in [1.807, 2.05) is 29.4 Å². The molecule has 216 valence electrons. The number of hydrazone groups is 1. The van der Waals surface area contributed by atoms with Crippen molar-refractivity contribution in [3.63, 3.8) is 0 Å². The molecule has 1 aromatic heterocycles. The summed E-state index contributed by atoms with van der Waals surface area (Å²) in [6, 6.07) is 23.9. The quantitative estimate of drug-likeness (QED) is 0.190. The summed E-state index contributed by atoms with van der Waals surface area (Å²) < 4.78 is 0.